The van der Waals surface area contributed by atoms with Crippen LogP contribution in [0.5, 0.6) is 0 Å². The normalized spacial score (nSPS) is 13.7. The second kappa shape index (κ2) is 5.82. The van der Waals surface area contributed by atoms with E-state index in [0.717, 1.165) is 4.90 Å². The van der Waals surface area contributed by atoms with Gasteiger partial charge in [0, 0.05) is 6.54 Å². The van der Waals surface area contributed by atoms with Crippen LogP contribution in [0.25, 0.3) is 0 Å². The number of hydrogen-bond acceptors (Lipinski definition) is 3. The average molecular weight is 196 g/mol. The maximum atomic E-state index is 12.0. The van der Waals surface area contributed by atoms with Crippen LogP contribution in [-0.2, 0) is 4.79 Å². The molecular weight excluding hydrogens is 182 g/mol. The minimum Gasteiger partial charge on any atom is -0.395 e. The zero-order valence-electron chi connectivity index (χ0n) is 7.41. The summed E-state index contributed by atoms with van der Waals surface area (Å²) in [6.45, 7) is 0.629. The van der Waals surface area contributed by atoms with Gasteiger partial charge in [-0.25, -0.2) is 8.78 Å². The molecule has 0 aliphatic rings. The lowest BCUT2D eigenvalue weighted by molar-refractivity contribution is -0.123. The summed E-state index contributed by atoms with van der Waals surface area (Å²) in [6, 6.07) is -0.777. The molecule has 1 atom stereocenters. The molecule has 1 amide bonds. The number of aliphatic hydroxyl groups excluding tert-OH is 1. The lowest BCUT2D eigenvalue weighted by Gasteiger charge is -2.25. The molecule has 0 radical (unpaired) electrons. The van der Waals surface area contributed by atoms with E-state index in [2.05, 4.69) is 0 Å². The molecule has 6 heteroatoms. The number of hydrogen-bond donors (Lipinski definition) is 2. The first-order valence-corrected chi connectivity index (χ1v) is 3.91. The zero-order chi connectivity index (χ0) is 10.4. The van der Waals surface area contributed by atoms with Crippen molar-refractivity contribution in [1.82, 2.24) is 4.90 Å². The van der Waals surface area contributed by atoms with E-state index in [-0.39, 0.29) is 13.2 Å². The van der Waals surface area contributed by atoms with Gasteiger partial charge in [-0.15, -0.1) is 0 Å². The van der Waals surface area contributed by atoms with Crippen LogP contribution >= 0.6 is 0 Å². The van der Waals surface area contributed by atoms with E-state index in [9.17, 15) is 13.6 Å². The van der Waals surface area contributed by atoms with Crippen LogP contribution in [0.15, 0.2) is 0 Å². The number of amides is 1. The van der Waals surface area contributed by atoms with Crippen LogP contribution in [0.3, 0.4) is 0 Å². The molecule has 0 saturated carbocycles. The summed E-state index contributed by atoms with van der Waals surface area (Å²) >= 11 is 0. The van der Waals surface area contributed by atoms with Gasteiger partial charge in [-0.2, -0.15) is 0 Å². The lowest BCUT2D eigenvalue weighted by Crippen LogP contribution is -2.46. The van der Waals surface area contributed by atoms with Crippen molar-refractivity contribution in [3.63, 3.8) is 0 Å². The molecule has 0 aliphatic carbocycles. The first-order valence-electron chi connectivity index (χ1n) is 3.91. The molecule has 0 bridgehead atoms. The molecule has 78 valence electrons. The predicted molar refractivity (Wildman–Crippen MR) is 43.3 cm³/mol. The Balaban J connectivity index is 4.14. The van der Waals surface area contributed by atoms with Crippen LogP contribution in [0.4, 0.5) is 8.78 Å². The Morgan fingerprint density at radius 3 is 2.46 bits per heavy atom. The second-order valence-electron chi connectivity index (χ2n) is 2.69. The first-order chi connectivity index (χ1) is 5.99. The van der Waals surface area contributed by atoms with E-state index in [1.807, 2.05) is 0 Å². The molecule has 0 aromatic rings. The lowest BCUT2D eigenvalue weighted by atomic mass is 10.2. The monoisotopic (exact) mass is 196 g/mol. The summed E-state index contributed by atoms with van der Waals surface area (Å²) in [5, 5.41) is 8.54. The molecule has 0 heterocycles. The number of rotatable bonds is 6. The first kappa shape index (κ1) is 12.2. The van der Waals surface area contributed by atoms with Gasteiger partial charge in [-0.05, 0) is 6.92 Å². The van der Waals surface area contributed by atoms with Crippen LogP contribution < -0.4 is 5.73 Å². The maximum absolute atomic E-state index is 12.0. The van der Waals surface area contributed by atoms with Crippen molar-refractivity contribution in [2.24, 2.45) is 5.73 Å². The van der Waals surface area contributed by atoms with Crippen molar-refractivity contribution in [2.75, 3.05) is 19.7 Å². The highest BCUT2D eigenvalue weighted by molar-refractivity contribution is 5.79. The predicted octanol–water partition coefficient (Wildman–Crippen LogP) is -0.580. The van der Waals surface area contributed by atoms with Crippen molar-refractivity contribution in [1.29, 1.82) is 0 Å². The summed E-state index contributed by atoms with van der Waals surface area (Å²) < 4.78 is 23.9. The fourth-order valence-corrected chi connectivity index (χ4v) is 0.929. The number of nitrogens with zero attached hydrogens (tertiary/aromatic N) is 1. The van der Waals surface area contributed by atoms with Gasteiger partial charge < -0.3 is 10.8 Å². The van der Waals surface area contributed by atoms with E-state index < -0.39 is 24.9 Å². The van der Waals surface area contributed by atoms with Crippen molar-refractivity contribution in [3.05, 3.63) is 0 Å². The molecule has 0 rings (SSSR count). The van der Waals surface area contributed by atoms with E-state index in [0.29, 0.717) is 0 Å². The third-order valence-corrected chi connectivity index (χ3v) is 1.72. The Morgan fingerprint density at radius 2 is 2.15 bits per heavy atom. The van der Waals surface area contributed by atoms with E-state index >= 15 is 0 Å². The summed E-state index contributed by atoms with van der Waals surface area (Å²) in [4.78, 5) is 11.8. The van der Waals surface area contributed by atoms with Gasteiger partial charge in [-0.3, -0.25) is 9.69 Å². The van der Waals surface area contributed by atoms with Gasteiger partial charge in [0.15, 0.2) is 0 Å². The molecular formula is C7H14F2N2O2. The number of halogens is 2. The average Bonchev–Trinajstić information content (AvgIpc) is 2.01. The highest BCUT2D eigenvalue weighted by Gasteiger charge is 2.21. The molecule has 0 aromatic carbocycles. The Morgan fingerprint density at radius 1 is 1.62 bits per heavy atom. The number of carbonyl (C=O) groups is 1. The highest BCUT2D eigenvalue weighted by Crippen LogP contribution is 2.03. The molecule has 0 fully saturated rings. The minimum absolute atomic E-state index is 0.0223. The Kier molecular flexibility index (Phi) is 5.48. The summed E-state index contributed by atoms with van der Waals surface area (Å²) in [7, 11) is 0. The molecule has 4 nitrogen and oxygen atoms in total. The third kappa shape index (κ3) is 4.74. The Bertz CT molecular complexity index is 167. The van der Waals surface area contributed by atoms with Gasteiger partial charge in [0.25, 0.3) is 6.43 Å². The molecule has 0 spiro atoms. The van der Waals surface area contributed by atoms with E-state index in [1.165, 1.54) is 6.92 Å². The third-order valence-electron chi connectivity index (χ3n) is 1.72. The van der Waals surface area contributed by atoms with Crippen molar-refractivity contribution in [3.8, 4) is 0 Å². The summed E-state index contributed by atoms with van der Waals surface area (Å²) in [5.41, 5.74) is 4.94. The van der Waals surface area contributed by atoms with Crippen LogP contribution in [0.2, 0.25) is 0 Å². The SMILES string of the molecule is CC(C(N)=O)N(CCO)CC(F)F. The number of aliphatic hydroxyl groups is 1. The summed E-state index contributed by atoms with van der Waals surface area (Å²) in [6.07, 6.45) is -2.53. The van der Waals surface area contributed by atoms with Gasteiger partial charge in [0.1, 0.15) is 0 Å². The quantitative estimate of drug-likeness (QED) is 0.597. The number of primary amides is 1. The second-order valence-corrected chi connectivity index (χ2v) is 2.69. The zero-order valence-corrected chi connectivity index (χ0v) is 7.41. The van der Waals surface area contributed by atoms with Crippen LogP contribution in [0, 0.1) is 0 Å². The molecule has 1 unspecified atom stereocenters. The van der Waals surface area contributed by atoms with Crippen molar-refractivity contribution in [2.45, 2.75) is 19.4 Å². The largest absolute Gasteiger partial charge is 0.395 e. The van der Waals surface area contributed by atoms with Crippen molar-refractivity contribution < 1.29 is 18.7 Å². The molecule has 0 saturated heterocycles. The van der Waals surface area contributed by atoms with E-state index in [4.69, 9.17) is 10.8 Å². The Hall–Kier alpha value is -0.750. The number of alkyl halides is 2. The van der Waals surface area contributed by atoms with Gasteiger partial charge in [0.05, 0.1) is 19.2 Å². The van der Waals surface area contributed by atoms with Gasteiger partial charge in [0.2, 0.25) is 5.91 Å². The topological polar surface area (TPSA) is 66.6 Å². The Labute approximate surface area is 75.3 Å². The van der Waals surface area contributed by atoms with Crippen molar-refractivity contribution >= 4 is 5.91 Å². The molecule has 13 heavy (non-hydrogen) atoms. The fraction of sp³-hybridized carbons (Fsp3) is 0.857. The molecule has 0 aromatic heterocycles. The maximum Gasteiger partial charge on any atom is 0.251 e. The van der Waals surface area contributed by atoms with E-state index in [1.54, 1.807) is 0 Å². The van der Waals surface area contributed by atoms with Crippen LogP contribution in [0.1, 0.15) is 6.92 Å². The molecule has 0 aliphatic heterocycles. The minimum atomic E-state index is -2.53. The molecule has 3 N–H and O–H groups in total. The van der Waals surface area contributed by atoms with Crippen LogP contribution in [-0.4, -0.2) is 48.1 Å². The fourth-order valence-electron chi connectivity index (χ4n) is 0.929. The number of carbonyl (C=O) groups excluding carboxylic acids is 1. The smallest absolute Gasteiger partial charge is 0.251 e. The number of nitrogens with two attached hydrogens (primary N) is 1. The summed E-state index contributed by atoms with van der Waals surface area (Å²) in [5.74, 6) is -0.672. The van der Waals surface area contributed by atoms with Gasteiger partial charge >= 0.3 is 0 Å². The van der Waals surface area contributed by atoms with Gasteiger partial charge in [-0.1, -0.05) is 0 Å². The highest BCUT2D eigenvalue weighted by atomic mass is 19.3. The standard InChI is InChI=1S/C7H14F2N2O2/c1-5(7(10)13)11(2-3-12)4-6(8)9/h5-6,12H,2-4H2,1H3,(H2,10,13).